The number of carbonyl (C=O) groups excluding carboxylic acids is 1. The number of thiazole rings is 1. The van der Waals surface area contributed by atoms with Gasteiger partial charge in [-0.1, -0.05) is 17.4 Å². The van der Waals surface area contributed by atoms with E-state index in [4.69, 9.17) is 0 Å². The Labute approximate surface area is 129 Å². The molecule has 21 heavy (non-hydrogen) atoms. The molecule has 3 rings (SSSR count). The van der Waals surface area contributed by atoms with Crippen molar-refractivity contribution in [2.45, 2.75) is 39.2 Å². The molecular weight excluding hydrogens is 282 g/mol. The summed E-state index contributed by atoms with van der Waals surface area (Å²) in [6, 6.07) is 6.01. The average molecular weight is 303 g/mol. The fourth-order valence-electron chi connectivity index (χ4n) is 2.73. The first-order chi connectivity index (χ1) is 10.1. The third-order valence-corrected chi connectivity index (χ3v) is 4.87. The van der Waals surface area contributed by atoms with Crippen LogP contribution in [0.5, 0.6) is 0 Å². The summed E-state index contributed by atoms with van der Waals surface area (Å²) < 4.78 is 1.16. The van der Waals surface area contributed by atoms with Crippen LogP contribution in [0, 0.1) is 6.92 Å². The Morgan fingerprint density at radius 2 is 2.10 bits per heavy atom. The number of piperidine rings is 1. The summed E-state index contributed by atoms with van der Waals surface area (Å²) >= 11 is 1.61. The number of anilines is 1. The van der Waals surface area contributed by atoms with Gasteiger partial charge in [0.2, 0.25) is 5.91 Å². The smallest absolute Gasteiger partial charge is 0.244 e. The molecule has 1 aliphatic heterocycles. The van der Waals surface area contributed by atoms with E-state index in [9.17, 15) is 4.79 Å². The van der Waals surface area contributed by atoms with Crippen molar-refractivity contribution in [2.75, 3.05) is 18.4 Å². The van der Waals surface area contributed by atoms with Gasteiger partial charge in [-0.2, -0.15) is 0 Å². The molecule has 4 nitrogen and oxygen atoms in total. The summed E-state index contributed by atoms with van der Waals surface area (Å²) in [4.78, 5) is 18.9. The molecule has 0 saturated carbocycles. The summed E-state index contributed by atoms with van der Waals surface area (Å²) in [7, 11) is 0. The lowest BCUT2D eigenvalue weighted by molar-refractivity contribution is -0.132. The van der Waals surface area contributed by atoms with E-state index in [0.717, 1.165) is 41.3 Å². The molecule has 1 amide bonds. The number of rotatable bonds is 3. The van der Waals surface area contributed by atoms with E-state index in [1.807, 2.05) is 17.9 Å². The highest BCUT2D eigenvalue weighted by Crippen LogP contribution is 2.27. The molecule has 1 aromatic carbocycles. The number of amides is 1. The highest BCUT2D eigenvalue weighted by Gasteiger charge is 2.22. The van der Waals surface area contributed by atoms with Gasteiger partial charge in [0.1, 0.15) is 6.04 Å². The number of likely N-dealkylation sites (tertiary alicyclic amines) is 1. The molecule has 0 spiro atoms. The van der Waals surface area contributed by atoms with Crippen molar-refractivity contribution >= 4 is 32.6 Å². The summed E-state index contributed by atoms with van der Waals surface area (Å²) in [6.45, 7) is 5.79. The minimum Gasteiger partial charge on any atom is -0.350 e. The lowest BCUT2D eigenvalue weighted by Gasteiger charge is -2.29. The van der Waals surface area contributed by atoms with Crippen LogP contribution in [0.3, 0.4) is 0 Å². The van der Waals surface area contributed by atoms with E-state index in [1.165, 1.54) is 12.0 Å². The van der Waals surface area contributed by atoms with Crippen molar-refractivity contribution in [1.29, 1.82) is 0 Å². The van der Waals surface area contributed by atoms with Crippen molar-refractivity contribution in [1.82, 2.24) is 9.88 Å². The molecule has 1 aromatic heterocycles. The van der Waals surface area contributed by atoms with Crippen LogP contribution < -0.4 is 5.32 Å². The van der Waals surface area contributed by atoms with E-state index < -0.39 is 0 Å². The molecule has 0 aliphatic carbocycles. The summed E-state index contributed by atoms with van der Waals surface area (Å²) in [5.41, 5.74) is 2.22. The van der Waals surface area contributed by atoms with Gasteiger partial charge in [0, 0.05) is 13.1 Å². The quantitative estimate of drug-likeness (QED) is 0.945. The van der Waals surface area contributed by atoms with Crippen molar-refractivity contribution in [3.63, 3.8) is 0 Å². The number of nitrogens with zero attached hydrogens (tertiary/aromatic N) is 2. The molecule has 1 N–H and O–H groups in total. The molecule has 0 bridgehead atoms. The molecule has 1 saturated heterocycles. The van der Waals surface area contributed by atoms with Crippen molar-refractivity contribution < 1.29 is 4.79 Å². The van der Waals surface area contributed by atoms with Crippen molar-refractivity contribution in [3.05, 3.63) is 23.8 Å². The van der Waals surface area contributed by atoms with E-state index in [0.29, 0.717) is 0 Å². The number of nitrogens with one attached hydrogen (secondary N) is 1. The second-order valence-corrected chi connectivity index (χ2v) is 6.77. The average Bonchev–Trinajstić information content (AvgIpc) is 2.88. The largest absolute Gasteiger partial charge is 0.350 e. The SMILES string of the molecule is Cc1ccc2nc(NC(C)C(=O)N3CCCCC3)sc2c1. The van der Waals surface area contributed by atoms with Crippen LogP contribution in [-0.2, 0) is 4.79 Å². The third kappa shape index (κ3) is 3.18. The number of aromatic nitrogens is 1. The number of carbonyl (C=O) groups is 1. The number of hydrogen-bond donors (Lipinski definition) is 1. The van der Waals surface area contributed by atoms with Crippen LogP contribution in [0.4, 0.5) is 5.13 Å². The normalized spacial score (nSPS) is 17.0. The number of benzene rings is 1. The number of aryl methyl sites for hydroxylation is 1. The van der Waals surface area contributed by atoms with Gasteiger partial charge in [-0.15, -0.1) is 0 Å². The van der Waals surface area contributed by atoms with Gasteiger partial charge >= 0.3 is 0 Å². The molecular formula is C16H21N3OS. The van der Waals surface area contributed by atoms with Crippen molar-refractivity contribution in [3.8, 4) is 0 Å². The molecule has 1 aliphatic rings. The zero-order chi connectivity index (χ0) is 14.8. The molecule has 2 heterocycles. The topological polar surface area (TPSA) is 45.2 Å². The van der Waals surface area contributed by atoms with Gasteiger partial charge in [0.25, 0.3) is 0 Å². The van der Waals surface area contributed by atoms with Gasteiger partial charge < -0.3 is 10.2 Å². The summed E-state index contributed by atoms with van der Waals surface area (Å²) in [6.07, 6.45) is 3.49. The first-order valence-electron chi connectivity index (χ1n) is 7.56. The maximum Gasteiger partial charge on any atom is 0.244 e. The van der Waals surface area contributed by atoms with Crippen LogP contribution in [0.2, 0.25) is 0 Å². The van der Waals surface area contributed by atoms with Crippen LogP contribution in [-0.4, -0.2) is 34.9 Å². The Morgan fingerprint density at radius 3 is 2.86 bits per heavy atom. The molecule has 1 fully saturated rings. The highest BCUT2D eigenvalue weighted by molar-refractivity contribution is 7.22. The molecule has 2 aromatic rings. The van der Waals surface area contributed by atoms with Crippen LogP contribution >= 0.6 is 11.3 Å². The maximum absolute atomic E-state index is 12.4. The van der Waals surface area contributed by atoms with E-state index in [-0.39, 0.29) is 11.9 Å². The molecule has 5 heteroatoms. The van der Waals surface area contributed by atoms with E-state index >= 15 is 0 Å². The third-order valence-electron chi connectivity index (χ3n) is 3.92. The molecule has 1 atom stereocenters. The van der Waals surface area contributed by atoms with Gasteiger partial charge in [0.15, 0.2) is 5.13 Å². The predicted molar refractivity (Wildman–Crippen MR) is 87.9 cm³/mol. The second-order valence-electron chi connectivity index (χ2n) is 5.74. The predicted octanol–water partition coefficient (Wildman–Crippen LogP) is 3.42. The highest BCUT2D eigenvalue weighted by atomic mass is 32.1. The van der Waals surface area contributed by atoms with Gasteiger partial charge in [-0.3, -0.25) is 4.79 Å². The number of hydrogen-bond acceptors (Lipinski definition) is 4. The minimum atomic E-state index is -0.218. The first-order valence-corrected chi connectivity index (χ1v) is 8.37. The van der Waals surface area contributed by atoms with Gasteiger partial charge in [-0.05, 0) is 50.8 Å². The fraction of sp³-hybridized carbons (Fsp3) is 0.500. The first kappa shape index (κ1) is 14.3. The summed E-state index contributed by atoms with van der Waals surface area (Å²) in [5.74, 6) is 0.185. The second kappa shape index (κ2) is 6.02. The lowest BCUT2D eigenvalue weighted by Crippen LogP contribution is -2.43. The Kier molecular flexibility index (Phi) is 4.10. The Balaban J connectivity index is 1.70. The Hall–Kier alpha value is -1.62. The standard InChI is InChI=1S/C16H21N3OS/c1-11-6-7-13-14(10-11)21-16(18-13)17-12(2)15(20)19-8-4-3-5-9-19/h6-7,10,12H,3-5,8-9H2,1-2H3,(H,17,18). The monoisotopic (exact) mass is 303 g/mol. The van der Waals surface area contributed by atoms with E-state index in [1.54, 1.807) is 11.3 Å². The van der Waals surface area contributed by atoms with Gasteiger partial charge in [-0.25, -0.2) is 4.98 Å². The van der Waals surface area contributed by atoms with Crippen LogP contribution in [0.15, 0.2) is 18.2 Å². The van der Waals surface area contributed by atoms with Gasteiger partial charge in [0.05, 0.1) is 10.2 Å². The molecule has 0 radical (unpaired) electrons. The van der Waals surface area contributed by atoms with Crippen LogP contribution in [0.25, 0.3) is 10.2 Å². The maximum atomic E-state index is 12.4. The summed E-state index contributed by atoms with van der Waals surface area (Å²) in [5, 5.41) is 4.09. The zero-order valence-corrected chi connectivity index (χ0v) is 13.4. The zero-order valence-electron chi connectivity index (χ0n) is 12.6. The van der Waals surface area contributed by atoms with E-state index in [2.05, 4.69) is 29.4 Å². The number of fused-ring (bicyclic) bond motifs is 1. The molecule has 1 unspecified atom stereocenters. The molecule has 112 valence electrons. The lowest BCUT2D eigenvalue weighted by atomic mass is 10.1. The Morgan fingerprint density at radius 1 is 1.33 bits per heavy atom. The fourth-order valence-corrected chi connectivity index (χ4v) is 3.78. The van der Waals surface area contributed by atoms with Crippen LogP contribution in [0.1, 0.15) is 31.7 Å². The Bertz CT molecular complexity index is 646. The minimum absolute atomic E-state index is 0.185. The van der Waals surface area contributed by atoms with Crippen molar-refractivity contribution in [2.24, 2.45) is 0 Å².